The first-order valence-corrected chi connectivity index (χ1v) is 8.89. The molecular formula is C22H24N2O3. The fraction of sp³-hybridized carbons (Fsp3) is 0.273. The molecule has 0 fully saturated rings. The summed E-state index contributed by atoms with van der Waals surface area (Å²) in [5.41, 5.74) is 6.52. The van der Waals surface area contributed by atoms with Gasteiger partial charge in [0.25, 0.3) is 5.91 Å². The van der Waals surface area contributed by atoms with Gasteiger partial charge >= 0.3 is 0 Å². The average Bonchev–Trinajstić information content (AvgIpc) is 2.94. The van der Waals surface area contributed by atoms with E-state index in [1.165, 1.54) is 5.56 Å². The first-order valence-electron chi connectivity index (χ1n) is 8.89. The van der Waals surface area contributed by atoms with Gasteiger partial charge in [0.15, 0.2) is 0 Å². The van der Waals surface area contributed by atoms with E-state index >= 15 is 0 Å². The van der Waals surface area contributed by atoms with E-state index in [9.17, 15) is 4.79 Å². The summed E-state index contributed by atoms with van der Waals surface area (Å²) < 4.78 is 10.9. The molecular weight excluding hydrogens is 340 g/mol. The zero-order valence-electron chi connectivity index (χ0n) is 16.3. The zero-order valence-corrected chi connectivity index (χ0v) is 16.3. The topological polar surface area (TPSA) is 64.4 Å². The minimum absolute atomic E-state index is 0.137. The van der Waals surface area contributed by atoms with E-state index in [1.807, 2.05) is 34.6 Å². The van der Waals surface area contributed by atoms with E-state index in [0.29, 0.717) is 17.9 Å². The van der Waals surface area contributed by atoms with Gasteiger partial charge < -0.3 is 14.6 Å². The molecule has 5 nitrogen and oxygen atoms in total. The van der Waals surface area contributed by atoms with Crippen molar-refractivity contribution in [1.82, 2.24) is 5.16 Å². The molecule has 3 aromatic rings. The molecule has 0 saturated carbocycles. The van der Waals surface area contributed by atoms with Gasteiger partial charge in [0.2, 0.25) is 0 Å². The molecule has 1 N–H and O–H groups in total. The SMILES string of the molecule is Cc1cc(C)c(NC(=O)c2ccc(OCc3c(C)noc3C)cc2)c(C)c1. The number of ether oxygens (including phenoxy) is 1. The van der Waals surface area contributed by atoms with E-state index in [1.54, 1.807) is 24.3 Å². The number of carbonyl (C=O) groups is 1. The quantitative estimate of drug-likeness (QED) is 0.688. The van der Waals surface area contributed by atoms with Crippen molar-refractivity contribution in [2.24, 2.45) is 0 Å². The Balaban J connectivity index is 1.67. The number of benzene rings is 2. The maximum atomic E-state index is 12.6. The Kier molecular flexibility index (Phi) is 5.31. The molecule has 0 aliphatic heterocycles. The molecule has 0 spiro atoms. The van der Waals surface area contributed by atoms with Crippen molar-refractivity contribution in [1.29, 1.82) is 0 Å². The predicted octanol–water partition coefficient (Wildman–Crippen LogP) is 5.05. The van der Waals surface area contributed by atoms with Crippen LogP contribution in [-0.2, 0) is 6.61 Å². The largest absolute Gasteiger partial charge is 0.489 e. The molecule has 3 rings (SSSR count). The zero-order chi connectivity index (χ0) is 19.6. The lowest BCUT2D eigenvalue weighted by Crippen LogP contribution is -2.14. The third-order valence-electron chi connectivity index (χ3n) is 4.60. The molecule has 0 saturated heterocycles. The number of aryl methyl sites for hydroxylation is 5. The maximum absolute atomic E-state index is 12.6. The number of nitrogens with one attached hydrogen (secondary N) is 1. The molecule has 0 unspecified atom stereocenters. The van der Waals surface area contributed by atoms with E-state index in [4.69, 9.17) is 9.26 Å². The highest BCUT2D eigenvalue weighted by atomic mass is 16.5. The second kappa shape index (κ2) is 7.66. The van der Waals surface area contributed by atoms with E-state index in [2.05, 4.69) is 22.6 Å². The summed E-state index contributed by atoms with van der Waals surface area (Å²) in [5, 5.41) is 6.93. The smallest absolute Gasteiger partial charge is 0.255 e. The first-order chi connectivity index (χ1) is 12.8. The van der Waals surface area contributed by atoms with Crippen LogP contribution in [0.5, 0.6) is 5.75 Å². The summed E-state index contributed by atoms with van der Waals surface area (Å²) in [6, 6.07) is 11.2. The molecule has 140 valence electrons. The molecule has 1 aromatic heterocycles. The van der Waals surface area contributed by atoms with Crippen molar-refractivity contribution < 1.29 is 14.1 Å². The fourth-order valence-electron chi connectivity index (χ4n) is 3.13. The summed E-state index contributed by atoms with van der Waals surface area (Å²) in [7, 11) is 0. The number of hydrogen-bond donors (Lipinski definition) is 1. The Morgan fingerprint density at radius 2 is 1.67 bits per heavy atom. The summed E-state index contributed by atoms with van der Waals surface area (Å²) in [6.45, 7) is 10.2. The molecule has 1 heterocycles. The third kappa shape index (κ3) is 4.19. The van der Waals surface area contributed by atoms with Gasteiger partial charge in [-0.1, -0.05) is 22.9 Å². The van der Waals surface area contributed by atoms with Gasteiger partial charge in [0, 0.05) is 11.3 Å². The van der Waals surface area contributed by atoms with Gasteiger partial charge in [-0.25, -0.2) is 0 Å². The maximum Gasteiger partial charge on any atom is 0.255 e. The van der Waals surface area contributed by atoms with Crippen LogP contribution in [0, 0.1) is 34.6 Å². The third-order valence-corrected chi connectivity index (χ3v) is 4.60. The lowest BCUT2D eigenvalue weighted by molar-refractivity contribution is 0.102. The van der Waals surface area contributed by atoms with Crippen molar-refractivity contribution >= 4 is 11.6 Å². The van der Waals surface area contributed by atoms with Crippen LogP contribution < -0.4 is 10.1 Å². The van der Waals surface area contributed by atoms with Gasteiger partial charge in [0.1, 0.15) is 18.1 Å². The Morgan fingerprint density at radius 3 is 2.22 bits per heavy atom. The number of hydrogen-bond acceptors (Lipinski definition) is 4. The van der Waals surface area contributed by atoms with Crippen molar-refractivity contribution in [2.45, 2.75) is 41.2 Å². The molecule has 27 heavy (non-hydrogen) atoms. The Labute approximate surface area is 159 Å². The minimum atomic E-state index is -0.137. The number of aromatic nitrogens is 1. The number of nitrogens with zero attached hydrogens (tertiary/aromatic N) is 1. The molecule has 0 bridgehead atoms. The van der Waals surface area contributed by atoms with Crippen LogP contribution in [0.1, 0.15) is 44.1 Å². The predicted molar refractivity (Wildman–Crippen MR) is 105 cm³/mol. The number of carbonyl (C=O) groups excluding carboxylic acids is 1. The van der Waals surface area contributed by atoms with Gasteiger partial charge in [-0.2, -0.15) is 0 Å². The normalized spacial score (nSPS) is 10.7. The van der Waals surface area contributed by atoms with Crippen molar-refractivity contribution in [3.63, 3.8) is 0 Å². The van der Waals surface area contributed by atoms with Crippen LogP contribution in [0.2, 0.25) is 0 Å². The molecule has 0 aliphatic rings. The minimum Gasteiger partial charge on any atom is -0.489 e. The fourth-order valence-corrected chi connectivity index (χ4v) is 3.13. The average molecular weight is 364 g/mol. The van der Waals surface area contributed by atoms with E-state index in [-0.39, 0.29) is 5.91 Å². The molecule has 0 atom stereocenters. The molecule has 0 aliphatic carbocycles. The number of rotatable bonds is 5. The molecule has 1 amide bonds. The van der Waals surface area contributed by atoms with Gasteiger partial charge in [0.05, 0.1) is 11.3 Å². The first kappa shape index (κ1) is 18.7. The monoisotopic (exact) mass is 364 g/mol. The van der Waals surface area contributed by atoms with Gasteiger partial charge in [-0.15, -0.1) is 0 Å². The second-order valence-corrected chi connectivity index (χ2v) is 6.84. The molecule has 2 aromatic carbocycles. The standard InChI is InChI=1S/C22H24N2O3/c1-13-10-14(2)21(15(3)11-13)23-22(25)18-6-8-19(9-7-18)26-12-20-16(4)24-27-17(20)5/h6-11H,12H2,1-5H3,(H,23,25). The van der Waals surface area contributed by atoms with Crippen molar-refractivity contribution in [3.8, 4) is 5.75 Å². The summed E-state index contributed by atoms with van der Waals surface area (Å²) in [4.78, 5) is 12.6. The van der Waals surface area contributed by atoms with Crippen LogP contribution in [0.15, 0.2) is 40.9 Å². The number of amides is 1. The highest BCUT2D eigenvalue weighted by Crippen LogP contribution is 2.23. The van der Waals surface area contributed by atoms with E-state index in [0.717, 1.165) is 33.8 Å². The van der Waals surface area contributed by atoms with Gasteiger partial charge in [-0.05, 0) is 70.0 Å². The highest BCUT2D eigenvalue weighted by molar-refractivity contribution is 6.05. The Bertz CT molecular complexity index is 929. The van der Waals surface area contributed by atoms with Crippen LogP contribution in [0.4, 0.5) is 5.69 Å². The van der Waals surface area contributed by atoms with Gasteiger partial charge in [-0.3, -0.25) is 4.79 Å². The van der Waals surface area contributed by atoms with Crippen LogP contribution in [-0.4, -0.2) is 11.1 Å². The summed E-state index contributed by atoms with van der Waals surface area (Å²) in [5.74, 6) is 1.31. The van der Waals surface area contributed by atoms with Crippen LogP contribution in [0.25, 0.3) is 0 Å². The second-order valence-electron chi connectivity index (χ2n) is 6.84. The summed E-state index contributed by atoms with van der Waals surface area (Å²) in [6.07, 6.45) is 0. The number of anilines is 1. The van der Waals surface area contributed by atoms with Crippen LogP contribution >= 0.6 is 0 Å². The van der Waals surface area contributed by atoms with Crippen molar-refractivity contribution in [2.75, 3.05) is 5.32 Å². The summed E-state index contributed by atoms with van der Waals surface area (Å²) >= 11 is 0. The lowest BCUT2D eigenvalue weighted by atomic mass is 10.0. The van der Waals surface area contributed by atoms with Crippen molar-refractivity contribution in [3.05, 3.63) is 75.7 Å². The lowest BCUT2D eigenvalue weighted by Gasteiger charge is -2.13. The highest BCUT2D eigenvalue weighted by Gasteiger charge is 2.12. The Morgan fingerprint density at radius 1 is 1.04 bits per heavy atom. The molecule has 5 heteroatoms. The van der Waals surface area contributed by atoms with E-state index < -0.39 is 0 Å². The van der Waals surface area contributed by atoms with Crippen LogP contribution in [0.3, 0.4) is 0 Å². The molecule has 0 radical (unpaired) electrons. The Hall–Kier alpha value is -3.08.